The van der Waals surface area contributed by atoms with Crippen molar-refractivity contribution in [3.63, 3.8) is 0 Å². The summed E-state index contributed by atoms with van der Waals surface area (Å²) in [5, 5.41) is 23.1. The fourth-order valence-corrected chi connectivity index (χ4v) is 8.52. The molecule has 5 atom stereocenters. The summed E-state index contributed by atoms with van der Waals surface area (Å²) in [6, 6.07) is 6.43. The molecule has 5 unspecified atom stereocenters. The molecular weight excluding hydrogens is 404 g/mol. The van der Waals surface area contributed by atoms with E-state index in [9.17, 15) is 19.8 Å². The summed E-state index contributed by atoms with van der Waals surface area (Å²) in [5.41, 5.74) is 1.33. The number of aliphatic hydroxyl groups is 2. The third-order valence-corrected chi connectivity index (χ3v) is 9.64. The number of carbonyl (C=O) groups excluding carboxylic acids is 1. The lowest BCUT2D eigenvalue weighted by Crippen LogP contribution is -2.52. The Morgan fingerprint density at radius 3 is 2.69 bits per heavy atom. The van der Waals surface area contributed by atoms with E-state index in [0.29, 0.717) is 33.7 Å². The lowest BCUT2D eigenvalue weighted by Gasteiger charge is -2.59. The molecular formula is C26H32N2O4. The number of benzene rings is 1. The van der Waals surface area contributed by atoms with Crippen molar-refractivity contribution in [2.75, 3.05) is 18.5 Å². The van der Waals surface area contributed by atoms with Crippen molar-refractivity contribution in [3.8, 4) is 0 Å². The minimum atomic E-state index is -0.670. The molecule has 6 rings (SSSR count). The fourth-order valence-electron chi connectivity index (χ4n) is 8.52. The molecule has 4 saturated carbocycles. The first-order valence-electron chi connectivity index (χ1n) is 12.1. The van der Waals surface area contributed by atoms with Crippen molar-refractivity contribution in [1.82, 2.24) is 4.57 Å². The van der Waals surface area contributed by atoms with Gasteiger partial charge in [-0.3, -0.25) is 9.59 Å². The first-order chi connectivity index (χ1) is 15.5. The van der Waals surface area contributed by atoms with E-state index in [0.717, 1.165) is 24.2 Å². The highest BCUT2D eigenvalue weighted by molar-refractivity contribution is 6.01. The van der Waals surface area contributed by atoms with Gasteiger partial charge in [-0.1, -0.05) is 6.07 Å². The van der Waals surface area contributed by atoms with Crippen LogP contribution >= 0.6 is 0 Å². The minimum absolute atomic E-state index is 0.0236. The van der Waals surface area contributed by atoms with Crippen LogP contribution in [0.15, 0.2) is 35.3 Å². The van der Waals surface area contributed by atoms with E-state index < -0.39 is 6.04 Å². The third kappa shape index (κ3) is 2.72. The summed E-state index contributed by atoms with van der Waals surface area (Å²) in [7, 11) is 0. The minimum Gasteiger partial charge on any atom is -0.394 e. The summed E-state index contributed by atoms with van der Waals surface area (Å²) in [4.78, 5) is 25.8. The molecule has 4 aliphatic carbocycles. The van der Waals surface area contributed by atoms with Crippen LogP contribution in [0.25, 0.3) is 10.8 Å². The average molecular weight is 437 g/mol. The first-order valence-corrected chi connectivity index (χ1v) is 12.1. The number of anilines is 1. The number of aliphatic hydroxyl groups excluding tert-OH is 2. The first kappa shape index (κ1) is 20.4. The number of amides is 1. The van der Waals surface area contributed by atoms with E-state index in [1.54, 1.807) is 24.4 Å². The van der Waals surface area contributed by atoms with Gasteiger partial charge in [-0.25, -0.2) is 0 Å². The average Bonchev–Trinajstić information content (AvgIpc) is 3.10. The third-order valence-electron chi connectivity index (χ3n) is 9.64. The molecule has 1 aromatic carbocycles. The van der Waals surface area contributed by atoms with Crippen molar-refractivity contribution >= 4 is 22.4 Å². The van der Waals surface area contributed by atoms with Gasteiger partial charge >= 0.3 is 0 Å². The maximum absolute atomic E-state index is 13.0. The highest BCUT2D eigenvalue weighted by atomic mass is 16.3. The summed E-state index contributed by atoms with van der Waals surface area (Å²) in [5.74, 6) is 2.79. The maximum Gasteiger partial charge on any atom is 0.258 e. The molecule has 3 bridgehead atoms. The van der Waals surface area contributed by atoms with Crippen molar-refractivity contribution in [3.05, 3.63) is 40.8 Å². The molecule has 170 valence electrons. The SMILES string of the molecule is O=C(CCC12CC3CC4CC(C1)C2(C4)C3)Nc1cccc2c(=O)n(C(CO)CO)ccc12. The van der Waals surface area contributed by atoms with Crippen LogP contribution in [0.5, 0.6) is 0 Å². The largest absolute Gasteiger partial charge is 0.394 e. The summed E-state index contributed by atoms with van der Waals surface area (Å²) < 4.78 is 1.35. The van der Waals surface area contributed by atoms with Crippen LogP contribution in [0.3, 0.4) is 0 Å². The number of fused-ring (bicyclic) bond motifs is 3. The van der Waals surface area contributed by atoms with Crippen LogP contribution in [-0.4, -0.2) is 33.9 Å². The number of carbonyl (C=O) groups is 1. The van der Waals surface area contributed by atoms with Crippen LogP contribution in [-0.2, 0) is 4.79 Å². The zero-order chi connectivity index (χ0) is 22.1. The monoisotopic (exact) mass is 436 g/mol. The van der Waals surface area contributed by atoms with Crippen molar-refractivity contribution in [2.45, 2.75) is 57.4 Å². The van der Waals surface area contributed by atoms with E-state index >= 15 is 0 Å². The van der Waals surface area contributed by atoms with E-state index in [1.807, 2.05) is 6.07 Å². The number of nitrogens with one attached hydrogen (secondary N) is 1. The van der Waals surface area contributed by atoms with Gasteiger partial charge < -0.3 is 20.1 Å². The number of hydrogen-bond donors (Lipinski definition) is 3. The Kier molecular flexibility index (Phi) is 4.57. The van der Waals surface area contributed by atoms with Gasteiger partial charge in [0, 0.05) is 29.1 Å². The summed E-state index contributed by atoms with van der Waals surface area (Å²) in [6.07, 6.45) is 11.5. The topological polar surface area (TPSA) is 91.6 Å². The molecule has 3 N–H and O–H groups in total. The molecule has 32 heavy (non-hydrogen) atoms. The quantitative estimate of drug-likeness (QED) is 0.620. The Bertz CT molecular complexity index is 1130. The predicted molar refractivity (Wildman–Crippen MR) is 122 cm³/mol. The van der Waals surface area contributed by atoms with Gasteiger partial charge in [0.25, 0.3) is 5.56 Å². The second kappa shape index (κ2) is 7.16. The van der Waals surface area contributed by atoms with Crippen molar-refractivity contribution in [2.24, 2.45) is 28.6 Å². The molecule has 1 aromatic heterocycles. The Labute approximate surface area is 187 Å². The van der Waals surface area contributed by atoms with E-state index in [2.05, 4.69) is 5.32 Å². The molecule has 6 heteroatoms. The fraction of sp³-hybridized carbons (Fsp3) is 0.615. The van der Waals surface area contributed by atoms with Crippen LogP contribution < -0.4 is 10.9 Å². The molecule has 1 amide bonds. The zero-order valence-corrected chi connectivity index (χ0v) is 18.4. The molecule has 0 radical (unpaired) electrons. The highest BCUT2D eigenvalue weighted by Crippen LogP contribution is 2.82. The molecule has 6 nitrogen and oxygen atoms in total. The Morgan fingerprint density at radius 2 is 1.88 bits per heavy atom. The smallest absolute Gasteiger partial charge is 0.258 e. The van der Waals surface area contributed by atoms with Gasteiger partial charge in [0.2, 0.25) is 5.91 Å². The Morgan fingerprint density at radius 1 is 1.06 bits per heavy atom. The normalized spacial score (nSPS) is 34.2. The number of hydrogen-bond acceptors (Lipinski definition) is 4. The zero-order valence-electron chi connectivity index (χ0n) is 18.4. The molecule has 1 heterocycles. The Hall–Kier alpha value is -2.18. The van der Waals surface area contributed by atoms with Gasteiger partial charge in [0.15, 0.2) is 0 Å². The van der Waals surface area contributed by atoms with Crippen molar-refractivity contribution < 1.29 is 15.0 Å². The Balaban J connectivity index is 1.19. The number of pyridine rings is 1. The van der Waals surface area contributed by atoms with Crippen LogP contribution in [0.2, 0.25) is 0 Å². The van der Waals surface area contributed by atoms with Gasteiger partial charge in [-0.2, -0.15) is 0 Å². The van der Waals surface area contributed by atoms with Gasteiger partial charge in [0.1, 0.15) is 0 Å². The molecule has 4 fully saturated rings. The van der Waals surface area contributed by atoms with Crippen molar-refractivity contribution in [1.29, 1.82) is 0 Å². The molecule has 2 aromatic rings. The second-order valence-electron chi connectivity index (χ2n) is 11.0. The number of nitrogens with zero attached hydrogens (tertiary/aromatic N) is 1. The molecule has 1 spiro atoms. The van der Waals surface area contributed by atoms with E-state index in [-0.39, 0.29) is 24.7 Å². The van der Waals surface area contributed by atoms with E-state index in [1.165, 1.54) is 43.1 Å². The molecule has 0 saturated heterocycles. The van der Waals surface area contributed by atoms with Gasteiger partial charge in [-0.15, -0.1) is 0 Å². The summed E-state index contributed by atoms with van der Waals surface area (Å²) in [6.45, 7) is -0.631. The molecule has 4 aliphatic rings. The molecule has 0 aliphatic heterocycles. The standard InChI is InChI=1S/C26H32N2O4/c29-14-19(15-30)28-7-5-20-21(24(28)32)2-1-3-22(20)27-23(31)4-6-25-10-17-8-16-9-18(13-25)26(25,11-16)12-17/h1-3,5,7,16-19,29-30H,4,6,8-15H2,(H,27,31). The predicted octanol–water partition coefficient (Wildman–Crippen LogP) is 3.46. The lowest BCUT2D eigenvalue weighted by atomic mass is 9.45. The van der Waals surface area contributed by atoms with Gasteiger partial charge in [-0.05, 0) is 91.7 Å². The van der Waals surface area contributed by atoms with Gasteiger partial charge in [0.05, 0.1) is 19.3 Å². The summed E-state index contributed by atoms with van der Waals surface area (Å²) >= 11 is 0. The lowest BCUT2D eigenvalue weighted by molar-refractivity contribution is -0.125. The second-order valence-corrected chi connectivity index (χ2v) is 11.0. The van der Waals surface area contributed by atoms with E-state index in [4.69, 9.17) is 0 Å². The number of rotatable bonds is 7. The van der Waals surface area contributed by atoms with Crippen LogP contribution in [0, 0.1) is 28.6 Å². The number of aromatic nitrogens is 1. The van der Waals surface area contributed by atoms with Crippen LogP contribution in [0.4, 0.5) is 5.69 Å². The van der Waals surface area contributed by atoms with Crippen LogP contribution in [0.1, 0.15) is 57.4 Å². The highest BCUT2D eigenvalue weighted by Gasteiger charge is 2.73. The maximum atomic E-state index is 13.0.